The van der Waals surface area contributed by atoms with Crippen molar-refractivity contribution in [1.82, 2.24) is 10.2 Å². The Morgan fingerprint density at radius 2 is 2.00 bits per heavy atom. The molecule has 0 radical (unpaired) electrons. The lowest BCUT2D eigenvalue weighted by Gasteiger charge is -2.34. The van der Waals surface area contributed by atoms with Crippen LogP contribution < -0.4 is 14.8 Å². The fraction of sp³-hybridized carbons (Fsp3) is 0.588. The van der Waals surface area contributed by atoms with Crippen LogP contribution >= 0.6 is 0 Å². The second kappa shape index (κ2) is 8.96. The summed E-state index contributed by atoms with van der Waals surface area (Å²) in [6.45, 7) is 3.04. The SMILES string of the molecule is COc1cc(CNC(=O)CN2C[C@@H](C)O[C@@H](C)C2)ccc1OC(F)F. The van der Waals surface area contributed by atoms with E-state index in [0.29, 0.717) is 19.6 Å². The van der Waals surface area contributed by atoms with Gasteiger partial charge in [0.1, 0.15) is 0 Å². The Hall–Kier alpha value is -1.93. The number of alkyl halides is 2. The molecular formula is C17H24F2N2O4. The average Bonchev–Trinajstić information content (AvgIpc) is 2.52. The number of methoxy groups -OCH3 is 1. The first-order valence-corrected chi connectivity index (χ1v) is 8.13. The number of hydrogen-bond donors (Lipinski definition) is 1. The summed E-state index contributed by atoms with van der Waals surface area (Å²) in [5, 5.41) is 2.82. The van der Waals surface area contributed by atoms with Crippen LogP contribution in [0.2, 0.25) is 0 Å². The second-order valence-electron chi connectivity index (χ2n) is 6.09. The molecule has 1 aromatic carbocycles. The number of hydrogen-bond acceptors (Lipinski definition) is 5. The van der Waals surface area contributed by atoms with Crippen LogP contribution in [0.3, 0.4) is 0 Å². The van der Waals surface area contributed by atoms with Crippen molar-refractivity contribution in [3.63, 3.8) is 0 Å². The van der Waals surface area contributed by atoms with Crippen LogP contribution in [0, 0.1) is 0 Å². The summed E-state index contributed by atoms with van der Waals surface area (Å²) in [4.78, 5) is 14.2. The summed E-state index contributed by atoms with van der Waals surface area (Å²) < 4.78 is 39.7. The van der Waals surface area contributed by atoms with E-state index in [1.54, 1.807) is 12.1 Å². The van der Waals surface area contributed by atoms with Gasteiger partial charge in [-0.1, -0.05) is 6.07 Å². The lowest BCUT2D eigenvalue weighted by atomic mass is 10.2. The maximum atomic E-state index is 12.3. The zero-order chi connectivity index (χ0) is 18.4. The molecule has 8 heteroatoms. The molecule has 1 saturated heterocycles. The first-order valence-electron chi connectivity index (χ1n) is 8.13. The fourth-order valence-electron chi connectivity index (χ4n) is 2.89. The Morgan fingerprint density at radius 1 is 1.32 bits per heavy atom. The minimum absolute atomic E-state index is 0.0381. The zero-order valence-corrected chi connectivity index (χ0v) is 14.6. The van der Waals surface area contributed by atoms with Crippen LogP contribution in [0.1, 0.15) is 19.4 Å². The van der Waals surface area contributed by atoms with Gasteiger partial charge < -0.3 is 19.5 Å². The molecule has 1 aliphatic rings. The van der Waals surface area contributed by atoms with Gasteiger partial charge in [0.15, 0.2) is 11.5 Å². The first kappa shape index (κ1) is 19.4. The van der Waals surface area contributed by atoms with Crippen molar-refractivity contribution in [1.29, 1.82) is 0 Å². The van der Waals surface area contributed by atoms with Gasteiger partial charge in [-0.05, 0) is 31.5 Å². The molecule has 1 amide bonds. The molecule has 1 N–H and O–H groups in total. The van der Waals surface area contributed by atoms with Crippen molar-refractivity contribution in [3.8, 4) is 11.5 Å². The molecule has 1 aromatic rings. The van der Waals surface area contributed by atoms with Crippen molar-refractivity contribution in [2.45, 2.75) is 39.2 Å². The van der Waals surface area contributed by atoms with E-state index in [-0.39, 0.29) is 36.2 Å². The zero-order valence-electron chi connectivity index (χ0n) is 14.6. The molecule has 2 rings (SSSR count). The molecule has 0 unspecified atom stereocenters. The molecule has 1 heterocycles. The minimum atomic E-state index is -2.92. The maximum Gasteiger partial charge on any atom is 0.387 e. The quantitative estimate of drug-likeness (QED) is 0.808. The first-order chi connectivity index (χ1) is 11.9. The second-order valence-corrected chi connectivity index (χ2v) is 6.09. The molecule has 1 aliphatic heterocycles. The summed E-state index contributed by atoms with van der Waals surface area (Å²) in [5.74, 6) is 0.0555. The van der Waals surface area contributed by atoms with E-state index in [1.165, 1.54) is 13.2 Å². The monoisotopic (exact) mass is 358 g/mol. The molecule has 0 aromatic heterocycles. The van der Waals surface area contributed by atoms with E-state index in [1.807, 2.05) is 18.7 Å². The third kappa shape index (κ3) is 6.13. The van der Waals surface area contributed by atoms with E-state index in [4.69, 9.17) is 9.47 Å². The lowest BCUT2D eigenvalue weighted by molar-refractivity contribution is -0.126. The number of benzene rings is 1. The van der Waals surface area contributed by atoms with Gasteiger partial charge in [-0.15, -0.1) is 0 Å². The van der Waals surface area contributed by atoms with Crippen molar-refractivity contribution in [2.75, 3.05) is 26.7 Å². The van der Waals surface area contributed by atoms with Crippen LogP contribution in [-0.2, 0) is 16.1 Å². The molecular weight excluding hydrogens is 334 g/mol. The molecule has 25 heavy (non-hydrogen) atoms. The highest BCUT2D eigenvalue weighted by molar-refractivity contribution is 5.78. The van der Waals surface area contributed by atoms with E-state index >= 15 is 0 Å². The molecule has 6 nitrogen and oxygen atoms in total. The summed E-state index contributed by atoms with van der Waals surface area (Å²) in [6, 6.07) is 4.58. The van der Waals surface area contributed by atoms with Crippen molar-refractivity contribution >= 4 is 5.91 Å². The summed E-state index contributed by atoms with van der Waals surface area (Å²) in [5.41, 5.74) is 0.732. The van der Waals surface area contributed by atoms with Crippen LogP contribution in [-0.4, -0.2) is 56.4 Å². The van der Waals surface area contributed by atoms with Gasteiger partial charge in [0.2, 0.25) is 5.91 Å². The summed E-state index contributed by atoms with van der Waals surface area (Å²) in [6.07, 6.45) is 0.200. The van der Waals surface area contributed by atoms with Crippen LogP contribution in [0.4, 0.5) is 8.78 Å². The van der Waals surface area contributed by atoms with Gasteiger partial charge in [0, 0.05) is 19.6 Å². The highest BCUT2D eigenvalue weighted by Crippen LogP contribution is 2.29. The van der Waals surface area contributed by atoms with Gasteiger partial charge in [-0.25, -0.2) is 0 Å². The fourth-order valence-corrected chi connectivity index (χ4v) is 2.89. The van der Waals surface area contributed by atoms with Crippen LogP contribution in [0.5, 0.6) is 11.5 Å². The smallest absolute Gasteiger partial charge is 0.387 e. The predicted octanol–water partition coefficient (Wildman–Crippen LogP) is 2.02. The van der Waals surface area contributed by atoms with Gasteiger partial charge in [0.25, 0.3) is 0 Å². The maximum absolute atomic E-state index is 12.3. The number of halogens is 2. The Kier molecular flexibility index (Phi) is 6.95. The topological polar surface area (TPSA) is 60.0 Å². The number of rotatable bonds is 7. The summed E-state index contributed by atoms with van der Waals surface area (Å²) in [7, 11) is 1.37. The van der Waals surface area contributed by atoms with E-state index in [9.17, 15) is 13.6 Å². The van der Waals surface area contributed by atoms with E-state index in [0.717, 1.165) is 5.56 Å². The average molecular weight is 358 g/mol. The molecule has 0 saturated carbocycles. The highest BCUT2D eigenvalue weighted by atomic mass is 19.3. The molecule has 0 bridgehead atoms. The van der Waals surface area contributed by atoms with Gasteiger partial charge >= 0.3 is 6.61 Å². The van der Waals surface area contributed by atoms with Gasteiger partial charge in [-0.2, -0.15) is 8.78 Å². The molecule has 140 valence electrons. The van der Waals surface area contributed by atoms with E-state index < -0.39 is 6.61 Å². The highest BCUT2D eigenvalue weighted by Gasteiger charge is 2.23. The molecule has 1 fully saturated rings. The number of nitrogens with one attached hydrogen (secondary N) is 1. The van der Waals surface area contributed by atoms with Crippen LogP contribution in [0.25, 0.3) is 0 Å². The number of ether oxygens (including phenoxy) is 3. The number of morpholine rings is 1. The van der Waals surface area contributed by atoms with Gasteiger partial charge in [-0.3, -0.25) is 9.69 Å². The summed E-state index contributed by atoms with van der Waals surface area (Å²) >= 11 is 0. The Morgan fingerprint density at radius 3 is 2.60 bits per heavy atom. The number of carbonyl (C=O) groups excluding carboxylic acids is 1. The van der Waals surface area contributed by atoms with Crippen molar-refractivity contribution in [2.24, 2.45) is 0 Å². The third-order valence-electron chi connectivity index (χ3n) is 3.80. The van der Waals surface area contributed by atoms with Gasteiger partial charge in [0.05, 0.1) is 25.9 Å². The largest absolute Gasteiger partial charge is 0.493 e. The Balaban J connectivity index is 1.86. The number of nitrogens with zero attached hydrogens (tertiary/aromatic N) is 1. The lowest BCUT2D eigenvalue weighted by Crippen LogP contribution is -2.49. The third-order valence-corrected chi connectivity index (χ3v) is 3.80. The molecule has 0 aliphatic carbocycles. The number of carbonyl (C=O) groups is 1. The van der Waals surface area contributed by atoms with Crippen molar-refractivity contribution < 1.29 is 27.8 Å². The molecule has 0 spiro atoms. The van der Waals surface area contributed by atoms with Crippen molar-refractivity contribution in [3.05, 3.63) is 23.8 Å². The normalized spacial score (nSPS) is 21.2. The Bertz CT molecular complexity index is 576. The minimum Gasteiger partial charge on any atom is -0.493 e. The van der Waals surface area contributed by atoms with E-state index in [2.05, 4.69) is 10.1 Å². The number of amides is 1. The molecule has 2 atom stereocenters. The standard InChI is InChI=1S/C17H24F2N2O4/c1-11-8-21(9-12(2)24-11)10-16(22)20-7-13-4-5-14(25-17(18)19)15(6-13)23-3/h4-6,11-12,17H,7-10H2,1-3H3,(H,20,22)/t11-,12+. The predicted molar refractivity (Wildman–Crippen MR) is 87.9 cm³/mol. The van der Waals surface area contributed by atoms with Crippen LogP contribution in [0.15, 0.2) is 18.2 Å². The Labute approximate surface area is 146 Å².